The van der Waals surface area contributed by atoms with Crippen LogP contribution in [0.3, 0.4) is 0 Å². The second-order valence-electron chi connectivity index (χ2n) is 11.1. The Kier molecular flexibility index (Phi) is 31.9. The second-order valence-corrected chi connectivity index (χ2v) is 12.4. The lowest BCUT2D eigenvalue weighted by Crippen LogP contribution is -2.12. The minimum Gasteiger partial charge on any atom is -0.466 e. The van der Waals surface area contributed by atoms with Gasteiger partial charge in [-0.15, -0.1) is 0 Å². The number of unbranched alkanes of at least 4 members (excludes halogenated alkanes) is 20. The highest BCUT2D eigenvalue weighted by Crippen LogP contribution is 2.13. The van der Waals surface area contributed by atoms with Crippen molar-refractivity contribution in [1.82, 2.24) is 0 Å². The summed E-state index contributed by atoms with van der Waals surface area (Å²) in [5.41, 5.74) is 6.07. The third-order valence-electron chi connectivity index (χ3n) is 7.26. The van der Waals surface area contributed by atoms with Crippen molar-refractivity contribution in [3.63, 3.8) is 0 Å². The maximum absolute atomic E-state index is 11.9. The van der Waals surface area contributed by atoms with Gasteiger partial charge in [0.1, 0.15) is 0 Å². The molecule has 0 aliphatic carbocycles. The van der Waals surface area contributed by atoms with Crippen LogP contribution in [-0.2, 0) is 9.53 Å². The Morgan fingerprint density at radius 1 is 0.579 bits per heavy atom. The summed E-state index contributed by atoms with van der Waals surface area (Å²) in [5.74, 6) is 2.62. The third kappa shape index (κ3) is 31.5. The fourth-order valence-electron chi connectivity index (χ4n) is 4.72. The number of nitrogens with two attached hydrogens (primary N) is 1. The van der Waals surface area contributed by atoms with E-state index in [0.717, 1.165) is 49.6 Å². The molecule has 0 aliphatic heterocycles. The van der Waals surface area contributed by atoms with Crippen molar-refractivity contribution in [2.45, 2.75) is 174 Å². The van der Waals surface area contributed by atoms with Crippen molar-refractivity contribution < 1.29 is 9.53 Å². The van der Waals surface area contributed by atoms with Gasteiger partial charge in [-0.25, -0.2) is 0 Å². The minimum absolute atomic E-state index is 0.0445. The summed E-state index contributed by atoms with van der Waals surface area (Å²) in [6, 6.07) is 0. The fraction of sp³-hybridized carbons (Fsp3) is 0.939. The van der Waals surface area contributed by atoms with E-state index < -0.39 is 0 Å². The van der Waals surface area contributed by atoms with Crippen LogP contribution in [0.15, 0.2) is 4.99 Å². The normalized spacial score (nSPS) is 11.8. The van der Waals surface area contributed by atoms with Crippen LogP contribution in [0.4, 0.5) is 0 Å². The van der Waals surface area contributed by atoms with Crippen LogP contribution >= 0.6 is 11.8 Å². The molecule has 0 bridgehead atoms. The average molecular weight is 555 g/mol. The molecule has 38 heavy (non-hydrogen) atoms. The number of hydrogen-bond acceptors (Lipinski definition) is 4. The van der Waals surface area contributed by atoms with Gasteiger partial charge in [0.25, 0.3) is 0 Å². The predicted molar refractivity (Wildman–Crippen MR) is 172 cm³/mol. The smallest absolute Gasteiger partial charge is 0.306 e. The number of amidine groups is 1. The summed E-state index contributed by atoms with van der Waals surface area (Å²) >= 11 is 1.82. The van der Waals surface area contributed by atoms with Crippen molar-refractivity contribution in [3.05, 3.63) is 0 Å². The molecule has 226 valence electrons. The molecular formula is C33H66N2O2S. The summed E-state index contributed by atoms with van der Waals surface area (Å²) in [7, 11) is 0. The maximum atomic E-state index is 11.9. The molecule has 0 heterocycles. The summed E-state index contributed by atoms with van der Waals surface area (Å²) in [4.78, 5) is 16.4. The van der Waals surface area contributed by atoms with Gasteiger partial charge in [-0.05, 0) is 25.0 Å². The monoisotopic (exact) mass is 554 g/mol. The van der Waals surface area contributed by atoms with E-state index in [-0.39, 0.29) is 5.97 Å². The van der Waals surface area contributed by atoms with E-state index in [1.54, 1.807) is 0 Å². The van der Waals surface area contributed by atoms with E-state index >= 15 is 0 Å². The molecule has 0 amide bonds. The predicted octanol–water partition coefficient (Wildman–Crippen LogP) is 10.4. The first-order valence-corrected chi connectivity index (χ1v) is 17.9. The molecule has 0 radical (unpaired) electrons. The number of rotatable bonds is 31. The molecule has 0 rings (SSSR count). The van der Waals surface area contributed by atoms with Crippen LogP contribution < -0.4 is 5.73 Å². The molecule has 0 saturated heterocycles. The van der Waals surface area contributed by atoms with E-state index in [0.29, 0.717) is 13.0 Å². The zero-order valence-corrected chi connectivity index (χ0v) is 26.6. The summed E-state index contributed by atoms with van der Waals surface area (Å²) < 4.78 is 5.38. The number of nitrogens with zero attached hydrogens (tertiary/aromatic N) is 1. The highest BCUT2D eigenvalue weighted by Gasteiger charge is 2.03. The van der Waals surface area contributed by atoms with Gasteiger partial charge in [0, 0.05) is 18.7 Å². The Labute approximate surface area is 242 Å². The Balaban J connectivity index is 3.32. The van der Waals surface area contributed by atoms with Gasteiger partial charge in [-0.1, -0.05) is 142 Å². The molecule has 4 nitrogen and oxygen atoms in total. The van der Waals surface area contributed by atoms with E-state index in [4.69, 9.17) is 10.5 Å². The van der Waals surface area contributed by atoms with Gasteiger partial charge < -0.3 is 10.5 Å². The number of carbonyl (C=O) groups excluding carboxylic acids is 1. The molecule has 0 aliphatic rings. The van der Waals surface area contributed by atoms with E-state index in [2.05, 4.69) is 18.8 Å². The second kappa shape index (κ2) is 32.5. The number of carbonyl (C=O) groups is 1. The SMILES string of the molecule is CCCCCCCCCCCCCCN=C(N)CCCSCCC(=O)OCCCCCCCCCCCC. The van der Waals surface area contributed by atoms with Crippen LogP contribution in [0.5, 0.6) is 0 Å². The molecule has 0 aromatic carbocycles. The van der Waals surface area contributed by atoms with Gasteiger partial charge in [0.15, 0.2) is 0 Å². The molecule has 0 unspecified atom stereocenters. The number of thioether (sulfide) groups is 1. The van der Waals surface area contributed by atoms with Crippen molar-refractivity contribution in [2.24, 2.45) is 10.7 Å². The van der Waals surface area contributed by atoms with Gasteiger partial charge in [-0.3, -0.25) is 9.79 Å². The minimum atomic E-state index is -0.0445. The number of ether oxygens (including phenoxy) is 1. The molecule has 5 heteroatoms. The molecule has 0 saturated carbocycles. The van der Waals surface area contributed by atoms with E-state index in [1.165, 1.54) is 128 Å². The first kappa shape index (κ1) is 37.3. The first-order chi connectivity index (χ1) is 18.7. The topological polar surface area (TPSA) is 64.7 Å². The Hall–Kier alpha value is -0.710. The first-order valence-electron chi connectivity index (χ1n) is 16.7. The van der Waals surface area contributed by atoms with Crippen molar-refractivity contribution in [2.75, 3.05) is 24.7 Å². The fourth-order valence-corrected chi connectivity index (χ4v) is 5.58. The van der Waals surface area contributed by atoms with E-state index in [9.17, 15) is 4.79 Å². The van der Waals surface area contributed by atoms with Gasteiger partial charge in [0.2, 0.25) is 0 Å². The zero-order valence-electron chi connectivity index (χ0n) is 25.8. The maximum Gasteiger partial charge on any atom is 0.306 e. The quantitative estimate of drug-likeness (QED) is 0.0400. The molecule has 0 aromatic rings. The summed E-state index contributed by atoms with van der Waals surface area (Å²) in [6.07, 6.45) is 31.8. The van der Waals surface area contributed by atoms with Crippen molar-refractivity contribution in [1.29, 1.82) is 0 Å². The van der Waals surface area contributed by atoms with Crippen LogP contribution in [0, 0.1) is 0 Å². The number of hydrogen-bond donors (Lipinski definition) is 1. The van der Waals surface area contributed by atoms with Crippen LogP contribution in [0.1, 0.15) is 174 Å². The Morgan fingerprint density at radius 2 is 1.03 bits per heavy atom. The largest absolute Gasteiger partial charge is 0.466 e. The van der Waals surface area contributed by atoms with Gasteiger partial charge >= 0.3 is 5.97 Å². The molecule has 0 fully saturated rings. The third-order valence-corrected chi connectivity index (χ3v) is 8.33. The standard InChI is InChI=1S/C33H66N2O2S/c1-3-5-7-9-11-13-15-16-17-19-21-23-28-35-32(34)26-25-30-38-31-27-33(36)37-29-24-22-20-18-14-12-10-8-6-4-2/h3-31H2,1-2H3,(H2,34,35). The zero-order chi connectivity index (χ0) is 27.8. The van der Waals surface area contributed by atoms with Crippen molar-refractivity contribution >= 4 is 23.6 Å². The van der Waals surface area contributed by atoms with Crippen LogP contribution in [0.2, 0.25) is 0 Å². The number of esters is 1. The van der Waals surface area contributed by atoms with Crippen molar-refractivity contribution in [3.8, 4) is 0 Å². The molecule has 0 spiro atoms. The van der Waals surface area contributed by atoms with Gasteiger partial charge in [0.05, 0.1) is 18.9 Å². The number of aliphatic imine (C=N–C) groups is 1. The van der Waals surface area contributed by atoms with Crippen LogP contribution in [-0.4, -0.2) is 36.5 Å². The Morgan fingerprint density at radius 3 is 1.53 bits per heavy atom. The highest BCUT2D eigenvalue weighted by molar-refractivity contribution is 7.99. The lowest BCUT2D eigenvalue weighted by molar-refractivity contribution is -0.143. The van der Waals surface area contributed by atoms with Gasteiger partial charge in [-0.2, -0.15) is 11.8 Å². The Bertz CT molecular complexity index is 513. The lowest BCUT2D eigenvalue weighted by Gasteiger charge is -2.06. The molecule has 0 aromatic heterocycles. The molecular weight excluding hydrogens is 488 g/mol. The highest BCUT2D eigenvalue weighted by atomic mass is 32.2. The average Bonchev–Trinajstić information content (AvgIpc) is 2.91. The van der Waals surface area contributed by atoms with Crippen LogP contribution in [0.25, 0.3) is 0 Å². The molecule has 0 atom stereocenters. The molecule has 2 N–H and O–H groups in total. The summed E-state index contributed by atoms with van der Waals surface area (Å²) in [6.45, 7) is 6.01. The van der Waals surface area contributed by atoms with E-state index in [1.807, 2.05) is 11.8 Å². The lowest BCUT2D eigenvalue weighted by atomic mass is 10.1. The summed E-state index contributed by atoms with van der Waals surface area (Å²) in [5, 5.41) is 0.